The summed E-state index contributed by atoms with van der Waals surface area (Å²) >= 11 is 4.72. The number of benzene rings is 1. The highest BCUT2D eigenvalue weighted by atomic mass is 32.1. The first kappa shape index (κ1) is 18.4. The van der Waals surface area contributed by atoms with E-state index < -0.39 is 40.8 Å². The van der Waals surface area contributed by atoms with Gasteiger partial charge in [-0.3, -0.25) is 4.79 Å². The molecule has 0 amide bonds. The van der Waals surface area contributed by atoms with Gasteiger partial charge in [0.25, 0.3) is 5.72 Å². The molecular formula is C14H14F4N2O3S. The summed E-state index contributed by atoms with van der Waals surface area (Å²) in [4.78, 5) is 12.1. The van der Waals surface area contributed by atoms with E-state index in [2.05, 4.69) is 10.1 Å². The molecule has 0 aliphatic carbocycles. The molecular weight excluding hydrogens is 352 g/mol. The van der Waals surface area contributed by atoms with E-state index in [1.807, 2.05) is 0 Å². The van der Waals surface area contributed by atoms with Crippen molar-refractivity contribution >= 4 is 23.3 Å². The van der Waals surface area contributed by atoms with Crippen LogP contribution in [0.2, 0.25) is 0 Å². The molecule has 0 bridgehead atoms. The van der Waals surface area contributed by atoms with Crippen molar-refractivity contribution in [2.75, 3.05) is 6.61 Å². The normalized spacial score (nSPS) is 27.2. The van der Waals surface area contributed by atoms with Crippen molar-refractivity contribution in [2.45, 2.75) is 24.9 Å². The van der Waals surface area contributed by atoms with Crippen LogP contribution in [0.1, 0.15) is 18.5 Å². The van der Waals surface area contributed by atoms with Crippen LogP contribution >= 0.6 is 12.2 Å². The second-order valence-electron chi connectivity index (χ2n) is 5.12. The third-order valence-corrected chi connectivity index (χ3v) is 3.80. The van der Waals surface area contributed by atoms with Gasteiger partial charge in [-0.15, -0.1) is 0 Å². The number of ether oxygens (including phenoxy) is 1. The van der Waals surface area contributed by atoms with E-state index in [0.29, 0.717) is 0 Å². The van der Waals surface area contributed by atoms with Crippen LogP contribution in [-0.4, -0.2) is 34.7 Å². The smallest absolute Gasteiger partial charge is 0.437 e. The minimum Gasteiger partial charge on any atom is -0.466 e. The molecule has 3 N–H and O–H groups in total. The summed E-state index contributed by atoms with van der Waals surface area (Å²) in [6.45, 7) is 1.25. The predicted octanol–water partition coefficient (Wildman–Crippen LogP) is 1.77. The third-order valence-electron chi connectivity index (χ3n) is 3.58. The van der Waals surface area contributed by atoms with Crippen LogP contribution in [0, 0.1) is 11.7 Å². The van der Waals surface area contributed by atoms with Crippen molar-refractivity contribution in [1.29, 1.82) is 0 Å². The molecule has 5 nitrogen and oxygen atoms in total. The molecule has 1 saturated heterocycles. The first-order valence-corrected chi connectivity index (χ1v) is 7.31. The van der Waals surface area contributed by atoms with Gasteiger partial charge < -0.3 is 20.5 Å². The fraction of sp³-hybridized carbons (Fsp3) is 0.429. The van der Waals surface area contributed by atoms with E-state index in [4.69, 9.17) is 12.2 Å². The topological polar surface area (TPSA) is 70.6 Å². The summed E-state index contributed by atoms with van der Waals surface area (Å²) in [5.41, 5.74) is -3.48. The number of halogens is 4. The highest BCUT2D eigenvalue weighted by Crippen LogP contribution is 2.43. The SMILES string of the molecule is CCOC(=O)[C@H]1[C@H](c2ccc(F)cc2)NC(=S)N[C@]1(O)C(F)(F)F. The molecule has 0 aromatic heterocycles. The summed E-state index contributed by atoms with van der Waals surface area (Å²) in [6.07, 6.45) is -5.21. The van der Waals surface area contributed by atoms with E-state index >= 15 is 0 Å². The van der Waals surface area contributed by atoms with Crippen molar-refractivity contribution in [3.63, 3.8) is 0 Å². The van der Waals surface area contributed by atoms with Gasteiger partial charge >= 0.3 is 12.1 Å². The second kappa shape index (κ2) is 6.52. The highest BCUT2D eigenvalue weighted by molar-refractivity contribution is 7.80. The van der Waals surface area contributed by atoms with Crippen LogP contribution in [-0.2, 0) is 9.53 Å². The summed E-state index contributed by atoms with van der Waals surface area (Å²) in [6, 6.07) is 3.09. The summed E-state index contributed by atoms with van der Waals surface area (Å²) in [7, 11) is 0. The largest absolute Gasteiger partial charge is 0.466 e. The van der Waals surface area contributed by atoms with E-state index in [1.165, 1.54) is 19.1 Å². The molecule has 1 aliphatic heterocycles. The lowest BCUT2D eigenvalue weighted by molar-refractivity contribution is -0.292. The standard InChI is InChI=1S/C14H14F4N2O3S/c1-2-23-11(21)9-10(7-3-5-8(15)6-4-7)19-12(24)20-13(9,22)14(16,17)18/h3-6,9-10,22H,2H2,1H3,(H2,19,20,24)/t9-,10+,13-/m1/s1. The molecule has 2 rings (SSSR count). The van der Waals surface area contributed by atoms with Crippen LogP contribution < -0.4 is 10.6 Å². The van der Waals surface area contributed by atoms with Gasteiger partial charge in [0, 0.05) is 0 Å². The Kier molecular flexibility index (Phi) is 5.00. The molecule has 24 heavy (non-hydrogen) atoms. The number of aliphatic hydroxyl groups is 1. The molecule has 10 heteroatoms. The van der Waals surface area contributed by atoms with Crippen LogP contribution in [0.15, 0.2) is 24.3 Å². The van der Waals surface area contributed by atoms with Gasteiger partial charge in [-0.05, 0) is 36.8 Å². The predicted molar refractivity (Wildman–Crippen MR) is 79.1 cm³/mol. The average Bonchev–Trinajstić information content (AvgIpc) is 2.46. The first-order chi connectivity index (χ1) is 11.1. The fourth-order valence-corrected chi connectivity index (χ4v) is 2.77. The van der Waals surface area contributed by atoms with Crippen molar-refractivity contribution in [1.82, 2.24) is 10.6 Å². The van der Waals surface area contributed by atoms with E-state index in [-0.39, 0.29) is 12.2 Å². The maximum Gasteiger partial charge on any atom is 0.437 e. The Morgan fingerprint density at radius 1 is 1.38 bits per heavy atom. The van der Waals surface area contributed by atoms with Crippen LogP contribution in [0.4, 0.5) is 17.6 Å². The number of carbonyl (C=O) groups is 1. The van der Waals surface area contributed by atoms with Gasteiger partial charge in [-0.25, -0.2) is 4.39 Å². The number of alkyl halides is 3. The molecule has 1 aromatic rings. The van der Waals surface area contributed by atoms with Gasteiger partial charge in [0.2, 0.25) is 0 Å². The summed E-state index contributed by atoms with van der Waals surface area (Å²) in [5, 5.41) is 13.9. The monoisotopic (exact) mass is 366 g/mol. The van der Waals surface area contributed by atoms with Crippen molar-refractivity contribution in [3.8, 4) is 0 Å². The first-order valence-electron chi connectivity index (χ1n) is 6.90. The molecule has 0 unspecified atom stereocenters. The molecule has 0 radical (unpaired) electrons. The van der Waals surface area contributed by atoms with Crippen molar-refractivity contribution in [3.05, 3.63) is 35.6 Å². The molecule has 1 aliphatic rings. The average molecular weight is 366 g/mol. The number of thiocarbonyl (C=S) groups is 1. The van der Waals surface area contributed by atoms with E-state index in [9.17, 15) is 27.5 Å². The lowest BCUT2D eigenvalue weighted by Gasteiger charge is -2.45. The third kappa shape index (κ3) is 3.29. The number of carbonyl (C=O) groups excluding carboxylic acids is 1. The zero-order valence-electron chi connectivity index (χ0n) is 12.4. The van der Waals surface area contributed by atoms with Gasteiger partial charge in [-0.1, -0.05) is 12.1 Å². The molecule has 0 spiro atoms. The number of nitrogens with one attached hydrogen (secondary N) is 2. The van der Waals surface area contributed by atoms with Gasteiger partial charge in [0.1, 0.15) is 11.7 Å². The zero-order chi connectivity index (χ0) is 18.1. The Bertz CT molecular complexity index is 638. The number of hydrogen-bond donors (Lipinski definition) is 3. The lowest BCUT2D eigenvalue weighted by Crippen LogP contribution is -2.73. The highest BCUT2D eigenvalue weighted by Gasteiger charge is 2.66. The van der Waals surface area contributed by atoms with E-state index in [1.54, 1.807) is 5.32 Å². The molecule has 1 aromatic carbocycles. The van der Waals surface area contributed by atoms with Gasteiger partial charge in [-0.2, -0.15) is 13.2 Å². The maximum absolute atomic E-state index is 13.4. The van der Waals surface area contributed by atoms with Crippen molar-refractivity contribution in [2.24, 2.45) is 5.92 Å². The molecule has 0 saturated carbocycles. The quantitative estimate of drug-likeness (QED) is 0.430. The molecule has 132 valence electrons. The number of hydrogen-bond acceptors (Lipinski definition) is 4. The number of esters is 1. The zero-order valence-corrected chi connectivity index (χ0v) is 13.2. The van der Waals surface area contributed by atoms with Gasteiger partial charge in [0.15, 0.2) is 5.11 Å². The Morgan fingerprint density at radius 2 is 1.96 bits per heavy atom. The fourth-order valence-electron chi connectivity index (χ4n) is 2.48. The molecule has 1 fully saturated rings. The molecule has 1 heterocycles. The van der Waals surface area contributed by atoms with E-state index in [0.717, 1.165) is 12.1 Å². The molecule has 3 atom stereocenters. The Morgan fingerprint density at radius 3 is 2.46 bits per heavy atom. The minimum absolute atomic E-state index is 0.140. The maximum atomic E-state index is 13.4. The minimum atomic E-state index is -5.21. The summed E-state index contributed by atoms with van der Waals surface area (Å²) in [5.74, 6) is -3.96. The number of rotatable bonds is 3. The Balaban J connectivity index is 2.55. The second-order valence-corrected chi connectivity index (χ2v) is 5.53. The lowest BCUT2D eigenvalue weighted by atomic mass is 9.82. The van der Waals surface area contributed by atoms with Crippen LogP contribution in [0.3, 0.4) is 0 Å². The Hall–Kier alpha value is -1.94. The van der Waals surface area contributed by atoms with Crippen LogP contribution in [0.25, 0.3) is 0 Å². The van der Waals surface area contributed by atoms with Crippen molar-refractivity contribution < 1.29 is 32.2 Å². The van der Waals surface area contributed by atoms with Gasteiger partial charge in [0.05, 0.1) is 12.6 Å². The summed E-state index contributed by atoms with van der Waals surface area (Å²) < 4.78 is 58.1. The Labute approximate surface area is 140 Å². The van der Waals surface area contributed by atoms with Crippen LogP contribution in [0.5, 0.6) is 0 Å².